The number of rotatable bonds is 6. The summed E-state index contributed by atoms with van der Waals surface area (Å²) in [6.45, 7) is 4.36. The lowest BCUT2D eigenvalue weighted by atomic mass is 9.47. The molecule has 0 radical (unpaired) electrons. The predicted octanol–water partition coefficient (Wildman–Crippen LogP) is 6.66. The minimum Gasteiger partial charge on any atom is -0.396 e. The summed E-state index contributed by atoms with van der Waals surface area (Å²) in [6.07, 6.45) is 12.1. The van der Waals surface area contributed by atoms with Crippen molar-refractivity contribution in [3.63, 3.8) is 0 Å². The quantitative estimate of drug-likeness (QED) is 0.465. The Morgan fingerprint density at radius 2 is 1.91 bits per heavy atom. The molecule has 2 fully saturated rings. The Balaban J connectivity index is 1.67. The zero-order valence-corrected chi connectivity index (χ0v) is 21.7. The van der Waals surface area contributed by atoms with Crippen molar-refractivity contribution in [3.8, 4) is 0 Å². The molecule has 1 aromatic carbocycles. The van der Waals surface area contributed by atoms with Gasteiger partial charge in [0.15, 0.2) is 5.78 Å². The Bertz CT molecular complexity index is 1050. The topological polar surface area (TPSA) is 54.4 Å². The van der Waals surface area contributed by atoms with Crippen LogP contribution >= 0.6 is 11.8 Å². The molecule has 3 nitrogen and oxygen atoms in total. The molecule has 4 heteroatoms. The normalized spacial score (nSPS) is 34.9. The number of ketones is 2. The number of aliphatic hydroxyl groups is 1. The first-order valence-electron chi connectivity index (χ1n) is 13.1. The van der Waals surface area contributed by atoms with Gasteiger partial charge in [0.1, 0.15) is 5.78 Å². The molecule has 1 N–H and O–H groups in total. The Morgan fingerprint density at radius 1 is 1.15 bits per heavy atom. The molecule has 0 bridgehead atoms. The van der Waals surface area contributed by atoms with Crippen molar-refractivity contribution < 1.29 is 14.7 Å². The molecule has 2 saturated carbocycles. The van der Waals surface area contributed by atoms with Crippen LogP contribution in [0.25, 0.3) is 0 Å². The smallest absolute Gasteiger partial charge is 0.156 e. The molecule has 0 unspecified atom stereocenters. The second-order valence-electron chi connectivity index (χ2n) is 11.3. The second kappa shape index (κ2) is 9.09. The zero-order chi connectivity index (χ0) is 24.1. The van der Waals surface area contributed by atoms with Gasteiger partial charge in [0.25, 0.3) is 0 Å². The van der Waals surface area contributed by atoms with E-state index in [4.69, 9.17) is 0 Å². The van der Waals surface area contributed by atoms with Gasteiger partial charge in [-0.1, -0.05) is 24.6 Å². The SMILES string of the molecule is CSc1ccc([C@H]2C[C@@]3(C)[C@@H](CC[C@]3(CCCO)C(C)=O)[C@@H]3CCC4=CC(=O)CCC4=C32)cc1. The van der Waals surface area contributed by atoms with Gasteiger partial charge in [-0.3, -0.25) is 9.59 Å². The molecule has 4 aliphatic rings. The molecule has 34 heavy (non-hydrogen) atoms. The van der Waals surface area contributed by atoms with Crippen LogP contribution in [0.15, 0.2) is 52.0 Å². The molecule has 0 saturated heterocycles. The minimum atomic E-state index is -0.341. The van der Waals surface area contributed by atoms with E-state index in [1.807, 2.05) is 6.08 Å². The number of Topliss-reactive ketones (excluding diaryl/α,β-unsaturated/α-hetero) is 1. The number of carbonyl (C=O) groups excluding carboxylic acids is 2. The molecule has 0 spiro atoms. The van der Waals surface area contributed by atoms with Crippen LogP contribution in [0.2, 0.25) is 0 Å². The van der Waals surface area contributed by atoms with Gasteiger partial charge in [-0.2, -0.15) is 0 Å². The van der Waals surface area contributed by atoms with E-state index in [9.17, 15) is 14.7 Å². The third kappa shape index (κ3) is 3.59. The highest BCUT2D eigenvalue weighted by Crippen LogP contribution is 2.70. The summed E-state index contributed by atoms with van der Waals surface area (Å²) in [5.41, 5.74) is 5.28. The van der Waals surface area contributed by atoms with E-state index in [2.05, 4.69) is 37.4 Å². The van der Waals surface area contributed by atoms with Crippen molar-refractivity contribution >= 4 is 23.3 Å². The molecule has 5 atom stereocenters. The molecular formula is C30H38O3S. The summed E-state index contributed by atoms with van der Waals surface area (Å²) in [5, 5.41) is 9.67. The maximum absolute atomic E-state index is 13.3. The van der Waals surface area contributed by atoms with Crippen molar-refractivity contribution in [2.45, 2.75) is 82.4 Å². The lowest BCUT2D eigenvalue weighted by Gasteiger charge is -2.56. The third-order valence-electron chi connectivity index (χ3n) is 10.1. The van der Waals surface area contributed by atoms with Crippen LogP contribution in [0.4, 0.5) is 0 Å². The average Bonchev–Trinajstić information content (AvgIpc) is 3.14. The zero-order valence-electron chi connectivity index (χ0n) is 20.9. The standard InChI is InChI=1S/C30H38O3S/c1-19(32)30(14-4-16-31)15-13-27-25-11-7-21-17-22(33)8-12-24(21)28(25)26(18-29(27,30)2)20-5-9-23(34-3)10-6-20/h5-6,9-10,17,25-27,31H,4,7-8,11-16,18H2,1-3H3/t25-,26+,27-,29-,30+/m0/s1. The summed E-state index contributed by atoms with van der Waals surface area (Å²) in [5.74, 6) is 1.87. The number of hydrogen-bond donors (Lipinski definition) is 1. The first-order chi connectivity index (χ1) is 16.3. The van der Waals surface area contributed by atoms with Crippen molar-refractivity contribution in [2.24, 2.45) is 22.7 Å². The highest BCUT2D eigenvalue weighted by Gasteiger charge is 2.64. The average molecular weight is 479 g/mol. The van der Waals surface area contributed by atoms with Gasteiger partial charge in [-0.05, 0) is 117 Å². The second-order valence-corrected chi connectivity index (χ2v) is 12.2. The minimum absolute atomic E-state index is 0.0721. The molecule has 0 aromatic heterocycles. The highest BCUT2D eigenvalue weighted by atomic mass is 32.2. The van der Waals surface area contributed by atoms with Gasteiger partial charge >= 0.3 is 0 Å². The largest absolute Gasteiger partial charge is 0.396 e. The molecule has 5 rings (SSSR count). The van der Waals surface area contributed by atoms with Crippen LogP contribution < -0.4 is 0 Å². The Labute approximate surface area is 208 Å². The van der Waals surface area contributed by atoms with Crippen LogP contribution in [0.3, 0.4) is 0 Å². The van der Waals surface area contributed by atoms with Crippen LogP contribution in [0.1, 0.15) is 83.1 Å². The van der Waals surface area contributed by atoms with E-state index in [1.165, 1.54) is 21.6 Å². The fourth-order valence-electron chi connectivity index (χ4n) is 8.46. The van der Waals surface area contributed by atoms with Gasteiger partial charge in [0.2, 0.25) is 0 Å². The van der Waals surface area contributed by atoms with Crippen LogP contribution in [0, 0.1) is 22.7 Å². The van der Waals surface area contributed by atoms with Crippen LogP contribution in [0.5, 0.6) is 0 Å². The van der Waals surface area contributed by atoms with Gasteiger partial charge in [-0.15, -0.1) is 11.8 Å². The Morgan fingerprint density at radius 3 is 2.59 bits per heavy atom. The summed E-state index contributed by atoms with van der Waals surface area (Å²) in [7, 11) is 0. The number of carbonyl (C=O) groups is 2. The van der Waals surface area contributed by atoms with Crippen LogP contribution in [-0.2, 0) is 9.59 Å². The van der Waals surface area contributed by atoms with Crippen molar-refractivity contribution in [2.75, 3.05) is 12.9 Å². The molecule has 182 valence electrons. The first kappa shape index (κ1) is 24.1. The summed E-state index contributed by atoms with van der Waals surface area (Å²) >= 11 is 1.77. The van der Waals surface area contributed by atoms with E-state index in [0.29, 0.717) is 36.4 Å². The predicted molar refractivity (Wildman–Crippen MR) is 138 cm³/mol. The number of thioether (sulfide) groups is 1. The number of aliphatic hydroxyl groups excluding tert-OH is 1. The molecule has 1 aromatic rings. The molecule has 0 aliphatic heterocycles. The number of benzene rings is 1. The van der Waals surface area contributed by atoms with Crippen molar-refractivity contribution in [1.82, 2.24) is 0 Å². The lowest BCUT2D eigenvalue weighted by molar-refractivity contribution is -0.137. The molecule has 0 amide bonds. The number of allylic oxidation sites excluding steroid dienone is 4. The van der Waals surface area contributed by atoms with Crippen molar-refractivity contribution in [3.05, 3.63) is 52.6 Å². The Kier molecular flexibility index (Phi) is 6.44. The summed E-state index contributed by atoms with van der Waals surface area (Å²) in [6, 6.07) is 9.07. The van der Waals surface area contributed by atoms with E-state index in [-0.39, 0.29) is 23.2 Å². The monoisotopic (exact) mass is 478 g/mol. The maximum atomic E-state index is 13.3. The van der Waals surface area contributed by atoms with Gasteiger partial charge in [0, 0.05) is 29.3 Å². The number of hydrogen-bond acceptors (Lipinski definition) is 4. The van der Waals surface area contributed by atoms with Gasteiger partial charge in [0.05, 0.1) is 0 Å². The molecule has 4 aliphatic carbocycles. The summed E-state index contributed by atoms with van der Waals surface area (Å²) < 4.78 is 0. The highest BCUT2D eigenvalue weighted by molar-refractivity contribution is 7.98. The molecule has 0 heterocycles. The third-order valence-corrected chi connectivity index (χ3v) is 10.8. The Hall–Kier alpha value is -1.65. The van der Waals surface area contributed by atoms with E-state index < -0.39 is 0 Å². The van der Waals surface area contributed by atoms with E-state index >= 15 is 0 Å². The fraction of sp³-hybridized carbons (Fsp3) is 0.600. The van der Waals surface area contributed by atoms with E-state index in [0.717, 1.165) is 44.9 Å². The molecular weight excluding hydrogens is 440 g/mol. The van der Waals surface area contributed by atoms with Gasteiger partial charge in [-0.25, -0.2) is 0 Å². The summed E-state index contributed by atoms with van der Waals surface area (Å²) in [4.78, 5) is 26.8. The lowest BCUT2D eigenvalue weighted by Crippen LogP contribution is -2.50. The van der Waals surface area contributed by atoms with Crippen molar-refractivity contribution in [1.29, 1.82) is 0 Å². The first-order valence-corrected chi connectivity index (χ1v) is 14.3. The fourth-order valence-corrected chi connectivity index (χ4v) is 8.87. The van der Waals surface area contributed by atoms with Gasteiger partial charge < -0.3 is 5.11 Å². The van der Waals surface area contributed by atoms with E-state index in [1.54, 1.807) is 24.3 Å². The number of fused-ring (bicyclic) bond motifs is 4. The van der Waals surface area contributed by atoms with Crippen LogP contribution in [-0.4, -0.2) is 29.5 Å². The maximum Gasteiger partial charge on any atom is 0.156 e.